The van der Waals surface area contributed by atoms with Crippen molar-refractivity contribution in [1.82, 2.24) is 0 Å². The molecule has 0 bridgehead atoms. The largest absolute Gasteiger partial charge is 0.385 e. The van der Waals surface area contributed by atoms with E-state index in [0.717, 1.165) is 24.3 Å². The van der Waals surface area contributed by atoms with Crippen molar-refractivity contribution in [1.29, 1.82) is 0 Å². The summed E-state index contributed by atoms with van der Waals surface area (Å²) in [5.74, 6) is 7.02. The minimum Gasteiger partial charge on any atom is -0.385 e. The van der Waals surface area contributed by atoms with Crippen molar-refractivity contribution in [3.8, 4) is 11.8 Å². The zero-order chi connectivity index (χ0) is 21.4. The molecule has 0 radical (unpaired) electrons. The second-order valence-corrected chi connectivity index (χ2v) is 8.31. The van der Waals surface area contributed by atoms with E-state index in [1.807, 2.05) is 24.8 Å². The monoisotopic (exact) mass is 411 g/mol. The number of benzene rings is 2. The van der Waals surface area contributed by atoms with Gasteiger partial charge in [-0.3, -0.25) is 14.9 Å². The highest BCUT2D eigenvalue weighted by Gasteiger charge is 2.27. The maximum Gasteiger partial charge on any atom is 0.285 e. The Morgan fingerprint density at radius 3 is 2.59 bits per heavy atom. The molecule has 0 saturated carbocycles. The van der Waals surface area contributed by atoms with Gasteiger partial charge in [-0.25, -0.2) is 0 Å². The van der Waals surface area contributed by atoms with Crippen LogP contribution in [0.15, 0.2) is 41.3 Å². The molecule has 6 heteroatoms. The van der Waals surface area contributed by atoms with E-state index < -0.39 is 4.92 Å². The number of fused-ring (bicyclic) bond motifs is 1. The first-order valence-electron chi connectivity index (χ1n) is 9.34. The van der Waals surface area contributed by atoms with E-state index in [2.05, 4.69) is 42.6 Å². The number of thioether (sulfide) groups is 1. The maximum atomic E-state index is 11.2. The third kappa shape index (κ3) is 5.93. The van der Waals surface area contributed by atoms with Crippen molar-refractivity contribution in [3.05, 3.63) is 68.8 Å². The van der Waals surface area contributed by atoms with Gasteiger partial charge in [-0.15, -0.1) is 11.8 Å². The molecule has 0 aliphatic carbocycles. The van der Waals surface area contributed by atoms with E-state index in [9.17, 15) is 14.9 Å². The highest BCUT2D eigenvalue weighted by molar-refractivity contribution is 7.99. The lowest BCUT2D eigenvalue weighted by Gasteiger charge is -2.32. The van der Waals surface area contributed by atoms with Crippen LogP contribution in [0.4, 0.5) is 5.69 Å². The Morgan fingerprint density at radius 1 is 1.24 bits per heavy atom. The van der Waals surface area contributed by atoms with Crippen LogP contribution in [-0.4, -0.2) is 30.7 Å². The molecule has 0 spiro atoms. The molecule has 2 aromatic rings. The summed E-state index contributed by atoms with van der Waals surface area (Å²) in [6, 6.07) is 10.4. The predicted molar refractivity (Wildman–Crippen MR) is 117 cm³/mol. The number of nitro benzene ring substituents is 1. The number of ether oxygens (including phenoxy) is 1. The standard InChI is InChI=1S/C20H17NO3S.C3H8O/c1-20(2)9-10-25-19-8-5-14(11-17(19)20)3-6-16-7-4-15(13-22)12-18(16)21(23)24;1-3-4-2/h4-5,7-8,11-13H,9-10H2,1-2H3;3H2,1-2H3. The molecular formula is C23H25NO4S. The number of rotatable bonds is 3. The minimum atomic E-state index is -0.510. The van der Waals surface area contributed by atoms with Gasteiger partial charge in [0.15, 0.2) is 0 Å². The van der Waals surface area contributed by atoms with Crippen LogP contribution in [0.5, 0.6) is 0 Å². The summed E-state index contributed by atoms with van der Waals surface area (Å²) < 4.78 is 4.54. The van der Waals surface area contributed by atoms with Gasteiger partial charge in [0, 0.05) is 35.8 Å². The van der Waals surface area contributed by atoms with E-state index in [4.69, 9.17) is 0 Å². The summed E-state index contributed by atoms with van der Waals surface area (Å²) in [4.78, 5) is 22.8. The second-order valence-electron chi connectivity index (χ2n) is 7.17. The molecule has 0 unspecified atom stereocenters. The molecule has 0 atom stereocenters. The molecule has 0 N–H and O–H groups in total. The summed E-state index contributed by atoms with van der Waals surface area (Å²) in [6.07, 6.45) is 1.70. The third-order valence-electron chi connectivity index (χ3n) is 4.68. The van der Waals surface area contributed by atoms with Crippen molar-refractivity contribution >= 4 is 23.7 Å². The Balaban J connectivity index is 0.000000687. The Hall–Kier alpha value is -2.62. The fraction of sp³-hybridized carbons (Fsp3) is 0.348. The maximum absolute atomic E-state index is 11.2. The summed E-state index contributed by atoms with van der Waals surface area (Å²) >= 11 is 1.85. The van der Waals surface area contributed by atoms with Crippen molar-refractivity contribution in [3.63, 3.8) is 0 Å². The van der Waals surface area contributed by atoms with Crippen molar-refractivity contribution in [2.24, 2.45) is 0 Å². The van der Waals surface area contributed by atoms with Gasteiger partial charge in [0.1, 0.15) is 11.8 Å². The normalized spacial score (nSPS) is 13.8. The zero-order valence-corrected chi connectivity index (χ0v) is 18.0. The number of carbonyl (C=O) groups is 1. The number of nitrogens with zero attached hydrogens (tertiary/aromatic N) is 1. The van der Waals surface area contributed by atoms with Crippen LogP contribution in [0.2, 0.25) is 0 Å². The number of nitro groups is 1. The number of carbonyl (C=O) groups excluding carboxylic acids is 1. The molecule has 0 saturated heterocycles. The molecule has 0 aromatic heterocycles. The van der Waals surface area contributed by atoms with E-state index in [0.29, 0.717) is 11.8 Å². The van der Waals surface area contributed by atoms with Gasteiger partial charge < -0.3 is 4.74 Å². The topological polar surface area (TPSA) is 69.4 Å². The van der Waals surface area contributed by atoms with Gasteiger partial charge in [0.05, 0.1) is 4.92 Å². The Morgan fingerprint density at radius 2 is 1.97 bits per heavy atom. The van der Waals surface area contributed by atoms with Crippen LogP contribution in [0, 0.1) is 22.0 Å². The van der Waals surface area contributed by atoms with Crippen LogP contribution >= 0.6 is 11.8 Å². The summed E-state index contributed by atoms with van der Waals surface area (Å²) in [5.41, 5.74) is 2.65. The smallest absolute Gasteiger partial charge is 0.285 e. The van der Waals surface area contributed by atoms with Gasteiger partial charge in [0.25, 0.3) is 5.69 Å². The van der Waals surface area contributed by atoms with Crippen LogP contribution in [0.3, 0.4) is 0 Å². The molecular weight excluding hydrogens is 386 g/mol. The predicted octanol–water partition coefficient (Wildman–Crippen LogP) is 5.23. The minimum absolute atomic E-state index is 0.107. The van der Waals surface area contributed by atoms with E-state index >= 15 is 0 Å². The fourth-order valence-electron chi connectivity index (χ4n) is 2.83. The van der Waals surface area contributed by atoms with Crippen LogP contribution in [0.1, 0.15) is 54.2 Å². The molecule has 5 nitrogen and oxygen atoms in total. The van der Waals surface area contributed by atoms with Gasteiger partial charge in [-0.05, 0) is 60.4 Å². The molecule has 29 heavy (non-hydrogen) atoms. The molecule has 1 heterocycles. The van der Waals surface area contributed by atoms with Gasteiger partial charge >= 0.3 is 0 Å². The lowest BCUT2D eigenvalue weighted by molar-refractivity contribution is -0.385. The number of hydrogen-bond donors (Lipinski definition) is 0. The molecule has 0 fully saturated rings. The van der Waals surface area contributed by atoms with Crippen molar-refractivity contribution < 1.29 is 14.5 Å². The van der Waals surface area contributed by atoms with Crippen LogP contribution in [0.25, 0.3) is 0 Å². The first-order chi connectivity index (χ1) is 13.8. The van der Waals surface area contributed by atoms with E-state index in [1.54, 1.807) is 7.11 Å². The summed E-state index contributed by atoms with van der Waals surface area (Å²) in [6.45, 7) is 7.23. The first-order valence-corrected chi connectivity index (χ1v) is 10.3. The van der Waals surface area contributed by atoms with Gasteiger partial charge in [-0.2, -0.15) is 0 Å². The summed E-state index contributed by atoms with van der Waals surface area (Å²) in [7, 11) is 1.68. The van der Waals surface area contributed by atoms with E-state index in [-0.39, 0.29) is 16.7 Å². The molecule has 2 aromatic carbocycles. The lowest BCUT2D eigenvalue weighted by Crippen LogP contribution is -2.22. The second kappa shape index (κ2) is 10.2. The Kier molecular flexibility index (Phi) is 8.00. The molecule has 3 rings (SSSR count). The average Bonchev–Trinajstić information content (AvgIpc) is 2.72. The van der Waals surface area contributed by atoms with Crippen molar-refractivity contribution in [2.75, 3.05) is 19.5 Å². The zero-order valence-electron chi connectivity index (χ0n) is 17.2. The van der Waals surface area contributed by atoms with Gasteiger partial charge in [0.2, 0.25) is 0 Å². The molecule has 1 aliphatic heterocycles. The lowest BCUT2D eigenvalue weighted by atomic mass is 9.81. The van der Waals surface area contributed by atoms with Crippen LogP contribution < -0.4 is 0 Å². The molecule has 1 aliphatic rings. The van der Waals surface area contributed by atoms with Gasteiger partial charge in [-0.1, -0.05) is 25.7 Å². The SMILES string of the molecule is CC1(C)CCSc2ccc(C#Cc3ccc(C=O)cc3[N+](=O)[O-])cc21.CCOC. The third-order valence-corrected chi connectivity index (χ3v) is 5.75. The van der Waals surface area contributed by atoms with E-state index in [1.165, 1.54) is 28.7 Å². The van der Waals surface area contributed by atoms with Crippen molar-refractivity contribution in [2.45, 2.75) is 37.5 Å². The van der Waals surface area contributed by atoms with Crippen LogP contribution in [-0.2, 0) is 10.2 Å². The number of aldehydes is 1. The Bertz CT molecular complexity index is 955. The first kappa shape index (κ1) is 22.7. The highest BCUT2D eigenvalue weighted by Crippen LogP contribution is 2.41. The Labute approximate surface area is 176 Å². The number of hydrogen-bond acceptors (Lipinski definition) is 5. The number of methoxy groups -OCH3 is 1. The quantitative estimate of drug-likeness (QED) is 0.299. The highest BCUT2D eigenvalue weighted by atomic mass is 32.2. The summed E-state index contributed by atoms with van der Waals surface area (Å²) in [5, 5.41) is 11.2. The fourth-order valence-corrected chi connectivity index (χ4v) is 4.32. The molecule has 0 amide bonds. The molecule has 152 valence electrons. The average molecular weight is 412 g/mol.